The Bertz CT molecular complexity index is 493. The van der Waals surface area contributed by atoms with Gasteiger partial charge in [-0.3, -0.25) is 0 Å². The van der Waals surface area contributed by atoms with Crippen LogP contribution in [0.2, 0.25) is 0 Å². The van der Waals surface area contributed by atoms with Crippen LogP contribution in [0.4, 0.5) is 4.79 Å². The smallest absolute Gasteiger partial charge is 0.315 e. The third-order valence-corrected chi connectivity index (χ3v) is 6.93. The molecule has 0 radical (unpaired) electrons. The topological polar surface area (TPSA) is 95.5 Å². The summed E-state index contributed by atoms with van der Waals surface area (Å²) in [6.07, 6.45) is 3.85. The average molecular weight is 302 g/mol. The summed E-state index contributed by atoms with van der Waals surface area (Å²) in [7, 11) is -2.97. The molecule has 5 unspecified atom stereocenters. The van der Waals surface area contributed by atoms with Crippen LogP contribution in [0.25, 0.3) is 0 Å². The molecule has 2 amide bonds. The van der Waals surface area contributed by atoms with Gasteiger partial charge in [-0.1, -0.05) is 0 Å². The van der Waals surface area contributed by atoms with Crippen LogP contribution >= 0.6 is 0 Å². The number of sulfone groups is 1. The molecule has 2 aliphatic carbocycles. The summed E-state index contributed by atoms with van der Waals surface area (Å²) in [5.41, 5.74) is 0. The Morgan fingerprint density at radius 3 is 2.55 bits per heavy atom. The molecule has 2 saturated carbocycles. The van der Waals surface area contributed by atoms with Gasteiger partial charge in [0.1, 0.15) is 0 Å². The molecule has 0 aromatic heterocycles. The summed E-state index contributed by atoms with van der Waals surface area (Å²) in [6.45, 7) is 0.115. The number of amides is 2. The van der Waals surface area contributed by atoms with Gasteiger partial charge in [-0.15, -0.1) is 0 Å². The van der Waals surface area contributed by atoms with E-state index in [1.54, 1.807) is 0 Å². The van der Waals surface area contributed by atoms with E-state index in [-0.39, 0.29) is 42.1 Å². The van der Waals surface area contributed by atoms with Crippen LogP contribution in [0.1, 0.15) is 25.7 Å². The third-order valence-electron chi connectivity index (χ3n) is 5.16. The minimum Gasteiger partial charge on any atom is -0.396 e. The number of nitrogens with one attached hydrogen (secondary N) is 2. The zero-order valence-corrected chi connectivity index (χ0v) is 12.2. The van der Waals surface area contributed by atoms with Crippen molar-refractivity contribution in [2.75, 3.05) is 18.1 Å². The van der Waals surface area contributed by atoms with Gasteiger partial charge >= 0.3 is 6.03 Å². The summed E-state index contributed by atoms with van der Waals surface area (Å²) < 4.78 is 22.7. The lowest BCUT2D eigenvalue weighted by Crippen LogP contribution is -2.51. The second kappa shape index (κ2) is 5.18. The van der Waals surface area contributed by atoms with Crippen LogP contribution < -0.4 is 10.6 Å². The van der Waals surface area contributed by atoms with Crippen molar-refractivity contribution in [3.63, 3.8) is 0 Å². The van der Waals surface area contributed by atoms with E-state index in [9.17, 15) is 18.3 Å². The first kappa shape index (κ1) is 14.1. The Balaban J connectivity index is 1.54. The summed E-state index contributed by atoms with van der Waals surface area (Å²) in [5, 5.41) is 15.2. The molecule has 6 nitrogen and oxygen atoms in total. The fourth-order valence-electron chi connectivity index (χ4n) is 4.19. The lowest BCUT2D eigenvalue weighted by Gasteiger charge is -2.30. The molecule has 3 fully saturated rings. The first-order valence-corrected chi connectivity index (χ1v) is 9.19. The van der Waals surface area contributed by atoms with Crippen molar-refractivity contribution in [2.24, 2.45) is 17.8 Å². The van der Waals surface area contributed by atoms with Gasteiger partial charge < -0.3 is 15.7 Å². The largest absolute Gasteiger partial charge is 0.396 e. The summed E-state index contributed by atoms with van der Waals surface area (Å²) >= 11 is 0. The Kier molecular flexibility index (Phi) is 3.66. The van der Waals surface area contributed by atoms with Crippen molar-refractivity contribution in [1.29, 1.82) is 0 Å². The van der Waals surface area contributed by atoms with E-state index in [2.05, 4.69) is 10.6 Å². The summed E-state index contributed by atoms with van der Waals surface area (Å²) in [5.74, 6) is 1.36. The molecular weight excluding hydrogens is 280 g/mol. The average Bonchev–Trinajstić information content (AvgIpc) is 3.04. The van der Waals surface area contributed by atoms with Gasteiger partial charge in [0.15, 0.2) is 9.84 Å². The van der Waals surface area contributed by atoms with E-state index in [4.69, 9.17) is 0 Å². The van der Waals surface area contributed by atoms with Crippen molar-refractivity contribution in [1.82, 2.24) is 10.6 Å². The Morgan fingerprint density at radius 1 is 1.15 bits per heavy atom. The Morgan fingerprint density at radius 2 is 1.90 bits per heavy atom. The van der Waals surface area contributed by atoms with E-state index in [1.807, 2.05) is 0 Å². The van der Waals surface area contributed by atoms with Crippen molar-refractivity contribution in [2.45, 2.75) is 37.8 Å². The standard InChI is InChI=1S/C13H22N2O4S/c16-6-11-8-1-2-9(5-8)12(11)15-13(17)14-10-3-4-20(18,19)7-10/h8-12,16H,1-7H2,(H2,14,15,17). The molecule has 20 heavy (non-hydrogen) atoms. The van der Waals surface area contributed by atoms with Crippen LogP contribution in [0.3, 0.4) is 0 Å². The highest BCUT2D eigenvalue weighted by Gasteiger charge is 2.47. The minimum atomic E-state index is -2.97. The van der Waals surface area contributed by atoms with Crippen molar-refractivity contribution < 1.29 is 18.3 Å². The number of rotatable bonds is 3. The SMILES string of the molecule is O=C(NC1CCS(=O)(=O)C1)NC1C2CCC(C2)C1CO. The Hall–Kier alpha value is -0.820. The summed E-state index contributed by atoms with van der Waals surface area (Å²) in [4.78, 5) is 12.0. The van der Waals surface area contributed by atoms with Crippen LogP contribution in [0.15, 0.2) is 0 Å². The van der Waals surface area contributed by atoms with Gasteiger partial charge in [-0.05, 0) is 37.5 Å². The molecule has 1 heterocycles. The highest BCUT2D eigenvalue weighted by Crippen LogP contribution is 2.48. The molecule has 3 aliphatic rings. The van der Waals surface area contributed by atoms with Crippen LogP contribution in [0.5, 0.6) is 0 Å². The van der Waals surface area contributed by atoms with Crippen LogP contribution in [-0.2, 0) is 9.84 Å². The van der Waals surface area contributed by atoms with Gasteiger partial charge in [0, 0.05) is 24.6 Å². The molecular formula is C13H22N2O4S. The predicted molar refractivity (Wildman–Crippen MR) is 73.9 cm³/mol. The van der Waals surface area contributed by atoms with Crippen molar-refractivity contribution in [3.8, 4) is 0 Å². The number of urea groups is 1. The van der Waals surface area contributed by atoms with Gasteiger partial charge in [0.2, 0.25) is 0 Å². The number of hydrogen-bond donors (Lipinski definition) is 3. The van der Waals surface area contributed by atoms with E-state index >= 15 is 0 Å². The lowest BCUT2D eigenvalue weighted by molar-refractivity contribution is 0.144. The molecule has 3 N–H and O–H groups in total. The zero-order chi connectivity index (χ0) is 14.3. The third kappa shape index (κ3) is 2.65. The second-order valence-electron chi connectivity index (χ2n) is 6.42. The first-order chi connectivity index (χ1) is 9.48. The molecule has 5 atom stereocenters. The van der Waals surface area contributed by atoms with Crippen LogP contribution in [-0.4, -0.2) is 49.8 Å². The second-order valence-corrected chi connectivity index (χ2v) is 8.65. The van der Waals surface area contributed by atoms with E-state index < -0.39 is 9.84 Å². The van der Waals surface area contributed by atoms with Gasteiger partial charge in [-0.25, -0.2) is 13.2 Å². The predicted octanol–water partition coefficient (Wildman–Crippen LogP) is -0.120. The normalized spacial score (nSPS) is 41.8. The minimum absolute atomic E-state index is 0.0387. The molecule has 0 spiro atoms. The number of aliphatic hydroxyl groups is 1. The molecule has 3 rings (SSSR count). The fourth-order valence-corrected chi connectivity index (χ4v) is 5.86. The number of carbonyl (C=O) groups excluding carboxylic acids is 1. The number of hydrogen-bond acceptors (Lipinski definition) is 4. The van der Waals surface area contributed by atoms with Gasteiger partial charge in [0.25, 0.3) is 0 Å². The molecule has 7 heteroatoms. The maximum Gasteiger partial charge on any atom is 0.315 e. The molecule has 1 saturated heterocycles. The van der Waals surface area contributed by atoms with Gasteiger partial charge in [-0.2, -0.15) is 0 Å². The monoisotopic (exact) mass is 302 g/mol. The molecule has 114 valence electrons. The van der Waals surface area contributed by atoms with E-state index in [0.717, 1.165) is 19.3 Å². The van der Waals surface area contributed by atoms with Gasteiger partial charge in [0.05, 0.1) is 11.5 Å². The molecule has 2 bridgehead atoms. The number of aliphatic hydroxyl groups excluding tert-OH is 1. The number of fused-ring (bicyclic) bond motifs is 2. The maximum atomic E-state index is 12.0. The fraction of sp³-hybridized carbons (Fsp3) is 0.923. The van der Waals surface area contributed by atoms with E-state index in [1.165, 1.54) is 0 Å². The van der Waals surface area contributed by atoms with E-state index in [0.29, 0.717) is 18.3 Å². The number of carbonyl (C=O) groups is 1. The molecule has 1 aliphatic heterocycles. The Labute approximate surface area is 119 Å². The highest BCUT2D eigenvalue weighted by molar-refractivity contribution is 7.91. The highest BCUT2D eigenvalue weighted by atomic mass is 32.2. The zero-order valence-electron chi connectivity index (χ0n) is 11.4. The maximum absolute atomic E-state index is 12.0. The first-order valence-electron chi connectivity index (χ1n) is 7.37. The quantitative estimate of drug-likeness (QED) is 0.677. The van der Waals surface area contributed by atoms with Crippen molar-refractivity contribution >= 4 is 15.9 Å². The molecule has 0 aromatic rings. The lowest BCUT2D eigenvalue weighted by atomic mass is 9.85. The molecule has 0 aromatic carbocycles. The van der Waals surface area contributed by atoms with Crippen molar-refractivity contribution in [3.05, 3.63) is 0 Å². The van der Waals surface area contributed by atoms with Crippen LogP contribution in [0, 0.1) is 17.8 Å². The summed E-state index contributed by atoms with van der Waals surface area (Å²) in [6, 6.07) is -0.522.